The van der Waals surface area contributed by atoms with Gasteiger partial charge in [-0.3, -0.25) is 4.79 Å². The Labute approximate surface area is 179 Å². The molecule has 0 aliphatic heterocycles. The number of carbonyl (C=O) groups is 1. The molecule has 0 saturated carbocycles. The first-order valence-electron chi connectivity index (χ1n) is 9.47. The number of hydrogen-bond acceptors (Lipinski definition) is 3. The zero-order valence-corrected chi connectivity index (χ0v) is 18.1. The second-order valence-corrected chi connectivity index (χ2v) is 7.80. The molecule has 1 atom stereocenters. The minimum Gasteiger partial charge on any atom is -0.488 e. The second-order valence-electron chi connectivity index (χ2n) is 6.95. The van der Waals surface area contributed by atoms with Crippen molar-refractivity contribution in [2.75, 3.05) is 0 Å². The van der Waals surface area contributed by atoms with Crippen molar-refractivity contribution in [3.8, 4) is 16.9 Å². The van der Waals surface area contributed by atoms with Crippen molar-refractivity contribution in [2.24, 2.45) is 0 Å². The van der Waals surface area contributed by atoms with Crippen LogP contribution in [0.4, 0.5) is 0 Å². The van der Waals surface area contributed by atoms with E-state index in [0.717, 1.165) is 21.3 Å². The van der Waals surface area contributed by atoms with E-state index in [2.05, 4.69) is 58.5 Å². The van der Waals surface area contributed by atoms with Gasteiger partial charge in [-0.1, -0.05) is 54.6 Å². The molecule has 0 fully saturated rings. The number of rotatable bonds is 8. The lowest BCUT2D eigenvalue weighted by Gasteiger charge is -2.14. The standard InChI is InChI=1S/C24H24BrNO3/c1-16-20(9-6-10-21(16)19-7-4-3-5-8-19)15-29-23-12-11-18(13-22(23)25)14-26-17(2)24(27)28/h3-13,17,26H,14-15H2,1-2H3,(H,27,28)/t17-/m0/s1. The van der Waals surface area contributed by atoms with E-state index in [1.807, 2.05) is 36.4 Å². The van der Waals surface area contributed by atoms with E-state index >= 15 is 0 Å². The first-order valence-corrected chi connectivity index (χ1v) is 10.3. The lowest BCUT2D eigenvalue weighted by atomic mass is 9.97. The predicted molar refractivity (Wildman–Crippen MR) is 119 cm³/mol. The number of carboxylic acids is 1. The highest BCUT2D eigenvalue weighted by molar-refractivity contribution is 9.10. The zero-order valence-electron chi connectivity index (χ0n) is 16.5. The molecule has 0 saturated heterocycles. The zero-order chi connectivity index (χ0) is 20.8. The highest BCUT2D eigenvalue weighted by Crippen LogP contribution is 2.29. The van der Waals surface area contributed by atoms with Gasteiger partial charge >= 0.3 is 5.97 Å². The normalized spacial score (nSPS) is 11.8. The van der Waals surface area contributed by atoms with Crippen molar-refractivity contribution in [2.45, 2.75) is 33.0 Å². The lowest BCUT2D eigenvalue weighted by Crippen LogP contribution is -2.33. The third-order valence-electron chi connectivity index (χ3n) is 4.89. The van der Waals surface area contributed by atoms with Crippen molar-refractivity contribution in [1.29, 1.82) is 0 Å². The van der Waals surface area contributed by atoms with Crippen LogP contribution in [-0.2, 0) is 17.9 Å². The minimum absolute atomic E-state index is 0.471. The summed E-state index contributed by atoms with van der Waals surface area (Å²) in [5.74, 6) is -0.110. The number of halogens is 1. The molecule has 29 heavy (non-hydrogen) atoms. The van der Waals surface area contributed by atoms with E-state index in [1.54, 1.807) is 6.92 Å². The van der Waals surface area contributed by atoms with Gasteiger partial charge in [0.25, 0.3) is 0 Å². The van der Waals surface area contributed by atoms with Gasteiger partial charge in [-0.05, 0) is 69.7 Å². The largest absolute Gasteiger partial charge is 0.488 e. The van der Waals surface area contributed by atoms with Crippen LogP contribution in [0.15, 0.2) is 71.2 Å². The lowest BCUT2D eigenvalue weighted by molar-refractivity contribution is -0.139. The Morgan fingerprint density at radius 1 is 1.10 bits per heavy atom. The quantitative estimate of drug-likeness (QED) is 0.468. The van der Waals surface area contributed by atoms with Gasteiger partial charge in [-0.25, -0.2) is 0 Å². The fraction of sp³-hybridized carbons (Fsp3) is 0.208. The Hall–Kier alpha value is -2.63. The Morgan fingerprint density at radius 3 is 2.55 bits per heavy atom. The van der Waals surface area contributed by atoms with E-state index in [0.29, 0.717) is 13.2 Å². The Morgan fingerprint density at radius 2 is 1.86 bits per heavy atom. The molecule has 0 heterocycles. The predicted octanol–water partition coefficient (Wildman–Crippen LogP) is 5.57. The molecule has 5 heteroatoms. The van der Waals surface area contributed by atoms with Crippen LogP contribution < -0.4 is 10.1 Å². The summed E-state index contributed by atoms with van der Waals surface area (Å²) in [6.45, 7) is 4.69. The van der Waals surface area contributed by atoms with E-state index in [-0.39, 0.29) is 0 Å². The summed E-state index contributed by atoms with van der Waals surface area (Å²) in [4.78, 5) is 10.9. The smallest absolute Gasteiger partial charge is 0.320 e. The third kappa shape index (κ3) is 5.46. The summed E-state index contributed by atoms with van der Waals surface area (Å²) in [6.07, 6.45) is 0. The van der Waals surface area contributed by atoms with Gasteiger partial charge in [-0.15, -0.1) is 0 Å². The fourth-order valence-corrected chi connectivity index (χ4v) is 3.60. The van der Waals surface area contributed by atoms with Crippen molar-refractivity contribution in [3.05, 3.63) is 87.9 Å². The summed E-state index contributed by atoms with van der Waals surface area (Å²) >= 11 is 3.56. The van der Waals surface area contributed by atoms with E-state index in [9.17, 15) is 4.79 Å². The van der Waals surface area contributed by atoms with E-state index < -0.39 is 12.0 Å². The Kier molecular flexibility index (Phi) is 7.07. The highest BCUT2D eigenvalue weighted by Gasteiger charge is 2.11. The molecule has 0 radical (unpaired) electrons. The van der Waals surface area contributed by atoms with Gasteiger partial charge in [0.05, 0.1) is 4.47 Å². The van der Waals surface area contributed by atoms with Crippen molar-refractivity contribution in [3.63, 3.8) is 0 Å². The summed E-state index contributed by atoms with van der Waals surface area (Å²) < 4.78 is 6.90. The molecule has 4 nitrogen and oxygen atoms in total. The summed E-state index contributed by atoms with van der Waals surface area (Å²) in [5.41, 5.74) is 5.73. The van der Waals surface area contributed by atoms with Gasteiger partial charge in [0, 0.05) is 6.54 Å². The molecule has 3 aromatic carbocycles. The molecule has 0 bridgehead atoms. The molecule has 150 valence electrons. The molecule has 0 aliphatic carbocycles. The van der Waals surface area contributed by atoms with Gasteiger partial charge in [0.15, 0.2) is 0 Å². The fourth-order valence-electron chi connectivity index (χ4n) is 3.06. The maximum Gasteiger partial charge on any atom is 0.320 e. The van der Waals surface area contributed by atoms with Crippen molar-refractivity contribution >= 4 is 21.9 Å². The molecule has 3 rings (SSSR count). The number of aliphatic carboxylic acids is 1. The van der Waals surface area contributed by atoms with Crippen molar-refractivity contribution < 1.29 is 14.6 Å². The van der Waals surface area contributed by atoms with Crippen molar-refractivity contribution in [1.82, 2.24) is 5.32 Å². The SMILES string of the molecule is Cc1c(COc2ccc(CN[C@@H](C)C(=O)O)cc2Br)cccc1-c1ccccc1. The summed E-state index contributed by atoms with van der Waals surface area (Å²) in [5, 5.41) is 11.9. The first kappa shape index (κ1) is 21.1. The third-order valence-corrected chi connectivity index (χ3v) is 5.51. The van der Waals surface area contributed by atoms with Crippen LogP contribution in [0, 0.1) is 6.92 Å². The van der Waals surface area contributed by atoms with Crippen LogP contribution in [0.3, 0.4) is 0 Å². The molecule has 0 aromatic heterocycles. The summed E-state index contributed by atoms with van der Waals surface area (Å²) in [7, 11) is 0. The minimum atomic E-state index is -0.864. The number of nitrogens with one attached hydrogen (secondary N) is 1. The van der Waals surface area contributed by atoms with Gasteiger partial charge in [0.1, 0.15) is 18.4 Å². The molecule has 0 aliphatic rings. The maximum absolute atomic E-state index is 10.9. The number of hydrogen-bond donors (Lipinski definition) is 2. The van der Waals surface area contributed by atoms with E-state index in [1.165, 1.54) is 16.7 Å². The van der Waals surface area contributed by atoms with Gasteiger partial charge < -0.3 is 15.2 Å². The van der Waals surface area contributed by atoms with Crippen LogP contribution in [-0.4, -0.2) is 17.1 Å². The molecule has 0 unspecified atom stereocenters. The number of benzene rings is 3. The van der Waals surface area contributed by atoms with Crippen LogP contribution in [0.2, 0.25) is 0 Å². The Bertz CT molecular complexity index is 989. The molecular formula is C24H24BrNO3. The average Bonchev–Trinajstić information content (AvgIpc) is 2.72. The number of ether oxygens (including phenoxy) is 1. The van der Waals surface area contributed by atoms with Gasteiger partial charge in [-0.2, -0.15) is 0 Å². The maximum atomic E-state index is 10.9. The second kappa shape index (κ2) is 9.72. The molecule has 0 amide bonds. The molecule has 0 spiro atoms. The van der Waals surface area contributed by atoms with Crippen LogP contribution >= 0.6 is 15.9 Å². The molecular weight excluding hydrogens is 430 g/mol. The van der Waals surface area contributed by atoms with Crippen LogP contribution in [0.1, 0.15) is 23.6 Å². The van der Waals surface area contributed by atoms with Crippen LogP contribution in [0.5, 0.6) is 5.75 Å². The molecule has 2 N–H and O–H groups in total. The highest BCUT2D eigenvalue weighted by atomic mass is 79.9. The van der Waals surface area contributed by atoms with Gasteiger partial charge in [0.2, 0.25) is 0 Å². The van der Waals surface area contributed by atoms with Crippen LogP contribution in [0.25, 0.3) is 11.1 Å². The Balaban J connectivity index is 1.68. The first-order chi connectivity index (χ1) is 14.0. The topological polar surface area (TPSA) is 58.6 Å². The van der Waals surface area contributed by atoms with E-state index in [4.69, 9.17) is 9.84 Å². The number of carboxylic acid groups (broad SMARTS) is 1. The monoisotopic (exact) mass is 453 g/mol. The molecule has 3 aromatic rings. The average molecular weight is 454 g/mol. The summed E-state index contributed by atoms with van der Waals surface area (Å²) in [6, 6.07) is 21.8.